The molecule has 1 aromatic carbocycles. The number of halogens is 4. The third kappa shape index (κ3) is 3.99. The van der Waals surface area contributed by atoms with Crippen molar-refractivity contribution in [3.63, 3.8) is 0 Å². The maximum absolute atomic E-state index is 13.0. The van der Waals surface area contributed by atoms with Crippen LogP contribution in [0.15, 0.2) is 18.2 Å². The van der Waals surface area contributed by atoms with Crippen molar-refractivity contribution >= 4 is 11.6 Å². The van der Waals surface area contributed by atoms with Crippen LogP contribution in [0.3, 0.4) is 0 Å². The van der Waals surface area contributed by atoms with E-state index in [1.807, 2.05) is 0 Å². The highest BCUT2D eigenvalue weighted by molar-refractivity contribution is 6.31. The lowest BCUT2D eigenvalue weighted by atomic mass is 10.00. The zero-order valence-electron chi connectivity index (χ0n) is 12.6. The number of benzene rings is 1. The average molecular weight is 350 g/mol. The van der Waals surface area contributed by atoms with Crippen molar-refractivity contribution in [1.29, 1.82) is 0 Å². The minimum atomic E-state index is -4.44. The number of likely N-dealkylation sites (tertiary alicyclic amines) is 1. The van der Waals surface area contributed by atoms with E-state index in [2.05, 4.69) is 4.90 Å². The van der Waals surface area contributed by atoms with Crippen LogP contribution in [0, 0.1) is 0 Å². The van der Waals surface area contributed by atoms with Gasteiger partial charge in [0.15, 0.2) is 6.29 Å². The Morgan fingerprint density at radius 3 is 2.61 bits per heavy atom. The molecule has 0 N–H and O–H groups in total. The number of hydrogen-bond donors (Lipinski definition) is 0. The van der Waals surface area contributed by atoms with Gasteiger partial charge in [0.2, 0.25) is 0 Å². The fourth-order valence-corrected chi connectivity index (χ4v) is 3.47. The van der Waals surface area contributed by atoms with Crippen molar-refractivity contribution in [3.05, 3.63) is 34.3 Å². The minimum Gasteiger partial charge on any atom is -0.349 e. The highest BCUT2D eigenvalue weighted by atomic mass is 35.5. The summed E-state index contributed by atoms with van der Waals surface area (Å²) in [7, 11) is 0. The molecule has 2 aliphatic rings. The molecule has 7 heteroatoms. The van der Waals surface area contributed by atoms with E-state index in [1.165, 1.54) is 6.07 Å². The largest absolute Gasteiger partial charge is 0.417 e. The van der Waals surface area contributed by atoms with Gasteiger partial charge in [-0.3, -0.25) is 4.90 Å². The normalized spacial score (nSPS) is 24.3. The second-order valence-corrected chi connectivity index (χ2v) is 6.36. The Labute approximate surface area is 138 Å². The number of piperidine rings is 1. The topological polar surface area (TPSA) is 21.7 Å². The van der Waals surface area contributed by atoms with Crippen LogP contribution in [0.4, 0.5) is 13.2 Å². The van der Waals surface area contributed by atoms with Gasteiger partial charge in [-0.2, -0.15) is 13.2 Å². The molecule has 1 atom stereocenters. The Hall–Kier alpha value is -0.820. The van der Waals surface area contributed by atoms with Gasteiger partial charge in [-0.05, 0) is 37.1 Å². The standard InChI is InChI=1S/C16H19ClF3NO2/c17-13-5-4-11(9-12(13)16(18,19)20)10-21-6-2-1-3-14(21)15-22-7-8-23-15/h4-5,9,14-15H,1-3,6-8,10H2. The van der Waals surface area contributed by atoms with Gasteiger partial charge in [0.25, 0.3) is 0 Å². The average Bonchev–Trinajstić information content (AvgIpc) is 3.03. The van der Waals surface area contributed by atoms with Crippen LogP contribution < -0.4 is 0 Å². The van der Waals surface area contributed by atoms with Crippen LogP contribution >= 0.6 is 11.6 Å². The lowest BCUT2D eigenvalue weighted by Crippen LogP contribution is -2.46. The van der Waals surface area contributed by atoms with Gasteiger partial charge in [-0.15, -0.1) is 0 Å². The van der Waals surface area contributed by atoms with Crippen LogP contribution in [-0.2, 0) is 22.2 Å². The Bertz CT molecular complexity index is 547. The van der Waals surface area contributed by atoms with E-state index in [9.17, 15) is 13.2 Å². The molecule has 0 aromatic heterocycles. The predicted molar refractivity (Wildman–Crippen MR) is 80.2 cm³/mol. The van der Waals surface area contributed by atoms with E-state index in [4.69, 9.17) is 21.1 Å². The molecule has 2 heterocycles. The first-order valence-corrected chi connectivity index (χ1v) is 8.16. The summed E-state index contributed by atoms with van der Waals surface area (Å²) in [6.07, 6.45) is -1.66. The van der Waals surface area contributed by atoms with Crippen molar-refractivity contribution in [2.45, 2.75) is 44.3 Å². The molecule has 128 valence electrons. The third-order valence-electron chi connectivity index (χ3n) is 4.35. The fraction of sp³-hybridized carbons (Fsp3) is 0.625. The summed E-state index contributed by atoms with van der Waals surface area (Å²) in [5, 5.41) is -0.265. The van der Waals surface area contributed by atoms with E-state index >= 15 is 0 Å². The molecule has 3 nitrogen and oxygen atoms in total. The lowest BCUT2D eigenvalue weighted by molar-refractivity contribution is -0.137. The van der Waals surface area contributed by atoms with E-state index in [-0.39, 0.29) is 17.4 Å². The Morgan fingerprint density at radius 1 is 1.17 bits per heavy atom. The number of alkyl halides is 3. The Kier molecular flexibility index (Phi) is 5.16. The fourth-order valence-electron chi connectivity index (χ4n) is 3.24. The smallest absolute Gasteiger partial charge is 0.349 e. The molecule has 23 heavy (non-hydrogen) atoms. The molecule has 1 aromatic rings. The first-order chi connectivity index (χ1) is 10.9. The van der Waals surface area contributed by atoms with E-state index in [1.54, 1.807) is 6.07 Å². The molecular formula is C16H19ClF3NO2. The molecule has 1 unspecified atom stereocenters. The van der Waals surface area contributed by atoms with Gasteiger partial charge >= 0.3 is 6.18 Å². The van der Waals surface area contributed by atoms with E-state index < -0.39 is 11.7 Å². The molecular weight excluding hydrogens is 331 g/mol. The highest BCUT2D eigenvalue weighted by Crippen LogP contribution is 2.36. The summed E-state index contributed by atoms with van der Waals surface area (Å²) in [5.41, 5.74) is -0.176. The maximum Gasteiger partial charge on any atom is 0.417 e. The summed E-state index contributed by atoms with van der Waals surface area (Å²) in [6, 6.07) is 4.21. The van der Waals surface area contributed by atoms with Crippen LogP contribution in [0.25, 0.3) is 0 Å². The van der Waals surface area contributed by atoms with E-state index in [0.717, 1.165) is 31.9 Å². The summed E-state index contributed by atoms with van der Waals surface area (Å²) < 4.78 is 50.2. The van der Waals surface area contributed by atoms with Gasteiger partial charge in [0, 0.05) is 6.54 Å². The van der Waals surface area contributed by atoms with Crippen molar-refractivity contribution < 1.29 is 22.6 Å². The summed E-state index contributed by atoms with van der Waals surface area (Å²) in [4.78, 5) is 2.16. The maximum atomic E-state index is 13.0. The zero-order chi connectivity index (χ0) is 16.4. The summed E-state index contributed by atoms with van der Waals surface area (Å²) >= 11 is 5.68. The second-order valence-electron chi connectivity index (χ2n) is 5.96. The molecule has 0 radical (unpaired) electrons. The van der Waals surface area contributed by atoms with Crippen molar-refractivity contribution in [1.82, 2.24) is 4.90 Å². The second kappa shape index (κ2) is 6.97. The molecule has 0 amide bonds. The molecule has 0 bridgehead atoms. The number of hydrogen-bond acceptors (Lipinski definition) is 3. The number of ether oxygens (including phenoxy) is 2. The Morgan fingerprint density at radius 2 is 1.91 bits per heavy atom. The lowest BCUT2D eigenvalue weighted by Gasteiger charge is -2.38. The summed E-state index contributed by atoms with van der Waals surface area (Å²) in [6.45, 7) is 2.42. The van der Waals surface area contributed by atoms with E-state index in [0.29, 0.717) is 25.3 Å². The predicted octanol–water partition coefficient (Wildman–Crippen LogP) is 4.09. The monoisotopic (exact) mass is 349 g/mol. The van der Waals surface area contributed by atoms with Gasteiger partial charge < -0.3 is 9.47 Å². The molecule has 0 spiro atoms. The van der Waals surface area contributed by atoms with Gasteiger partial charge in [-0.1, -0.05) is 24.1 Å². The van der Waals surface area contributed by atoms with Crippen molar-refractivity contribution in [3.8, 4) is 0 Å². The quantitative estimate of drug-likeness (QED) is 0.820. The highest BCUT2D eigenvalue weighted by Gasteiger charge is 2.35. The van der Waals surface area contributed by atoms with Crippen LogP contribution in [0.5, 0.6) is 0 Å². The molecule has 2 aliphatic heterocycles. The zero-order valence-corrected chi connectivity index (χ0v) is 13.4. The van der Waals surface area contributed by atoms with Gasteiger partial charge in [0.1, 0.15) is 0 Å². The van der Waals surface area contributed by atoms with Crippen LogP contribution in [-0.4, -0.2) is 37.0 Å². The number of nitrogens with zero attached hydrogens (tertiary/aromatic N) is 1. The first kappa shape index (κ1) is 17.0. The molecule has 2 saturated heterocycles. The number of rotatable bonds is 3. The Balaban J connectivity index is 1.76. The van der Waals surface area contributed by atoms with Crippen molar-refractivity contribution in [2.24, 2.45) is 0 Å². The van der Waals surface area contributed by atoms with Gasteiger partial charge in [-0.25, -0.2) is 0 Å². The van der Waals surface area contributed by atoms with Crippen LogP contribution in [0.1, 0.15) is 30.4 Å². The molecule has 0 saturated carbocycles. The molecule has 2 fully saturated rings. The van der Waals surface area contributed by atoms with Crippen molar-refractivity contribution in [2.75, 3.05) is 19.8 Å². The minimum absolute atomic E-state index is 0.0938. The molecule has 3 rings (SSSR count). The third-order valence-corrected chi connectivity index (χ3v) is 4.68. The van der Waals surface area contributed by atoms with Gasteiger partial charge in [0.05, 0.1) is 29.8 Å². The summed E-state index contributed by atoms with van der Waals surface area (Å²) in [5.74, 6) is 0. The SMILES string of the molecule is FC(F)(F)c1cc(CN2CCCCC2C2OCCO2)ccc1Cl. The first-order valence-electron chi connectivity index (χ1n) is 7.78. The van der Waals surface area contributed by atoms with Crippen LogP contribution in [0.2, 0.25) is 5.02 Å². The molecule has 0 aliphatic carbocycles.